The van der Waals surface area contributed by atoms with Crippen molar-refractivity contribution in [3.8, 4) is 0 Å². The van der Waals surface area contributed by atoms with E-state index < -0.39 is 11.0 Å². The predicted molar refractivity (Wildman–Crippen MR) is 95.7 cm³/mol. The maximum atomic E-state index is 12.4. The lowest BCUT2D eigenvalue weighted by atomic mass is 10.1. The monoisotopic (exact) mass is 313 g/mol. The van der Waals surface area contributed by atoms with Crippen LogP contribution in [0.2, 0.25) is 0 Å². The van der Waals surface area contributed by atoms with E-state index in [9.17, 15) is 4.21 Å². The Labute approximate surface area is 135 Å². The van der Waals surface area contributed by atoms with E-state index in [1.807, 2.05) is 69.3 Å². The van der Waals surface area contributed by atoms with Gasteiger partial charge in [-0.25, -0.2) is 8.93 Å². The van der Waals surface area contributed by atoms with Crippen LogP contribution in [0.15, 0.2) is 66.7 Å². The molecule has 0 amide bonds. The number of benzene rings is 2. The first kappa shape index (κ1) is 16.7. The van der Waals surface area contributed by atoms with E-state index in [0.717, 1.165) is 11.1 Å². The number of hydrogen-bond acceptors (Lipinski definition) is 1. The SMILES string of the molecule is CC(C)(C)S(=O)NC(C=Cc1ccccc1)c1ccccc1. The Hall–Kier alpha value is -1.71. The molecule has 0 aliphatic carbocycles. The second-order valence-electron chi connectivity index (χ2n) is 6.16. The molecule has 0 fully saturated rings. The van der Waals surface area contributed by atoms with Crippen LogP contribution in [0, 0.1) is 0 Å². The highest BCUT2D eigenvalue weighted by Gasteiger charge is 2.22. The Morgan fingerprint density at radius 2 is 1.50 bits per heavy atom. The molecule has 2 aromatic carbocycles. The minimum Gasteiger partial charge on any atom is -0.242 e. The molecule has 2 aromatic rings. The van der Waals surface area contributed by atoms with Gasteiger partial charge in [0.2, 0.25) is 0 Å². The van der Waals surface area contributed by atoms with Gasteiger partial charge in [0.1, 0.15) is 0 Å². The van der Waals surface area contributed by atoms with Crippen LogP contribution >= 0.6 is 0 Å². The molecule has 22 heavy (non-hydrogen) atoms. The molecule has 116 valence electrons. The molecule has 2 atom stereocenters. The van der Waals surface area contributed by atoms with Crippen LogP contribution in [0.4, 0.5) is 0 Å². The van der Waals surface area contributed by atoms with Crippen LogP contribution in [0.1, 0.15) is 37.9 Å². The molecule has 0 aliphatic heterocycles. The quantitative estimate of drug-likeness (QED) is 0.865. The summed E-state index contributed by atoms with van der Waals surface area (Å²) < 4.78 is 15.4. The third-order valence-electron chi connectivity index (χ3n) is 3.23. The third-order valence-corrected chi connectivity index (χ3v) is 4.81. The van der Waals surface area contributed by atoms with E-state index >= 15 is 0 Å². The maximum absolute atomic E-state index is 12.4. The van der Waals surface area contributed by atoms with Gasteiger partial charge in [0.05, 0.1) is 21.8 Å². The zero-order valence-corrected chi connectivity index (χ0v) is 14.1. The molecule has 0 radical (unpaired) electrons. The van der Waals surface area contributed by atoms with Crippen molar-refractivity contribution < 1.29 is 4.21 Å². The molecule has 0 spiro atoms. The summed E-state index contributed by atoms with van der Waals surface area (Å²) in [5, 5.41) is 0. The standard InChI is InChI=1S/C19H23NOS/c1-19(2,3)22(21)20-18(17-12-8-5-9-13-17)15-14-16-10-6-4-7-11-16/h4-15,18,20H,1-3H3. The zero-order valence-electron chi connectivity index (χ0n) is 13.3. The van der Waals surface area contributed by atoms with E-state index in [1.54, 1.807) is 0 Å². The molecule has 0 heterocycles. The van der Waals surface area contributed by atoms with Crippen LogP contribution in [0.5, 0.6) is 0 Å². The van der Waals surface area contributed by atoms with Crippen molar-refractivity contribution in [2.45, 2.75) is 31.6 Å². The van der Waals surface area contributed by atoms with Crippen molar-refractivity contribution in [2.24, 2.45) is 0 Å². The van der Waals surface area contributed by atoms with Gasteiger partial charge in [-0.2, -0.15) is 0 Å². The van der Waals surface area contributed by atoms with Crippen LogP contribution in [0.25, 0.3) is 6.08 Å². The van der Waals surface area contributed by atoms with E-state index in [2.05, 4.69) is 29.0 Å². The summed E-state index contributed by atoms with van der Waals surface area (Å²) in [4.78, 5) is 0. The molecule has 0 aliphatic rings. The van der Waals surface area contributed by atoms with Gasteiger partial charge < -0.3 is 0 Å². The van der Waals surface area contributed by atoms with Gasteiger partial charge in [0.25, 0.3) is 0 Å². The van der Waals surface area contributed by atoms with Gasteiger partial charge in [0.15, 0.2) is 0 Å². The summed E-state index contributed by atoms with van der Waals surface area (Å²) in [6.45, 7) is 5.91. The highest BCUT2D eigenvalue weighted by atomic mass is 32.2. The van der Waals surface area contributed by atoms with E-state index in [1.165, 1.54) is 0 Å². The second kappa shape index (κ2) is 7.52. The van der Waals surface area contributed by atoms with Gasteiger partial charge >= 0.3 is 0 Å². The Kier molecular flexibility index (Phi) is 5.69. The van der Waals surface area contributed by atoms with E-state index in [0.29, 0.717) is 0 Å². The lowest BCUT2D eigenvalue weighted by Gasteiger charge is -2.22. The van der Waals surface area contributed by atoms with Crippen molar-refractivity contribution in [3.05, 3.63) is 77.9 Å². The molecule has 0 saturated heterocycles. The lowest BCUT2D eigenvalue weighted by Crippen LogP contribution is -2.35. The van der Waals surface area contributed by atoms with E-state index in [4.69, 9.17) is 0 Å². The zero-order chi connectivity index (χ0) is 16.0. The summed E-state index contributed by atoms with van der Waals surface area (Å²) in [6.07, 6.45) is 4.12. The summed E-state index contributed by atoms with van der Waals surface area (Å²) in [5.41, 5.74) is 2.24. The van der Waals surface area contributed by atoms with Crippen LogP contribution in [-0.4, -0.2) is 8.96 Å². The van der Waals surface area contributed by atoms with Crippen LogP contribution in [0.3, 0.4) is 0 Å². The van der Waals surface area contributed by atoms with E-state index in [-0.39, 0.29) is 10.8 Å². The van der Waals surface area contributed by atoms with Crippen molar-refractivity contribution >= 4 is 17.1 Å². The van der Waals surface area contributed by atoms with Gasteiger partial charge in [-0.3, -0.25) is 0 Å². The highest BCUT2D eigenvalue weighted by Crippen LogP contribution is 2.19. The largest absolute Gasteiger partial charge is 0.242 e. The Morgan fingerprint density at radius 3 is 2.05 bits per heavy atom. The highest BCUT2D eigenvalue weighted by molar-refractivity contribution is 7.84. The fraction of sp³-hybridized carbons (Fsp3) is 0.263. The average Bonchev–Trinajstić information content (AvgIpc) is 2.52. The molecule has 0 bridgehead atoms. The molecule has 0 aromatic heterocycles. The molecule has 1 N–H and O–H groups in total. The minimum atomic E-state index is -1.13. The van der Waals surface area contributed by atoms with Gasteiger partial charge in [-0.05, 0) is 31.9 Å². The van der Waals surface area contributed by atoms with Crippen molar-refractivity contribution in [1.29, 1.82) is 0 Å². The summed E-state index contributed by atoms with van der Waals surface area (Å²) in [5.74, 6) is 0. The fourth-order valence-electron chi connectivity index (χ4n) is 1.94. The Balaban J connectivity index is 2.23. The van der Waals surface area contributed by atoms with Gasteiger partial charge in [-0.1, -0.05) is 72.8 Å². The second-order valence-corrected chi connectivity index (χ2v) is 8.16. The number of nitrogens with one attached hydrogen (secondary N) is 1. The predicted octanol–water partition coefficient (Wildman–Crippen LogP) is 4.49. The molecule has 0 saturated carbocycles. The topological polar surface area (TPSA) is 29.1 Å². The first-order valence-corrected chi connectivity index (χ1v) is 8.58. The Morgan fingerprint density at radius 1 is 0.955 bits per heavy atom. The number of rotatable bonds is 5. The van der Waals surface area contributed by atoms with Gasteiger partial charge in [0, 0.05) is 0 Å². The van der Waals surface area contributed by atoms with Crippen LogP contribution in [-0.2, 0) is 11.0 Å². The molecular weight excluding hydrogens is 290 g/mol. The lowest BCUT2D eigenvalue weighted by molar-refractivity contribution is 0.627. The molecular formula is C19H23NOS. The smallest absolute Gasteiger partial charge is 0.0978 e. The first-order valence-electron chi connectivity index (χ1n) is 7.43. The maximum Gasteiger partial charge on any atom is 0.0978 e. The fourth-order valence-corrected chi connectivity index (χ4v) is 2.74. The van der Waals surface area contributed by atoms with Gasteiger partial charge in [-0.15, -0.1) is 0 Å². The van der Waals surface area contributed by atoms with Crippen molar-refractivity contribution in [1.82, 2.24) is 4.72 Å². The first-order chi connectivity index (χ1) is 10.5. The summed E-state index contributed by atoms with van der Waals surface area (Å²) in [7, 11) is -1.13. The van der Waals surface area contributed by atoms with Crippen molar-refractivity contribution in [3.63, 3.8) is 0 Å². The third kappa shape index (κ3) is 4.93. The molecule has 2 rings (SSSR count). The minimum absolute atomic E-state index is 0.0820. The van der Waals surface area contributed by atoms with Crippen molar-refractivity contribution in [2.75, 3.05) is 0 Å². The summed E-state index contributed by atoms with van der Waals surface area (Å²) in [6, 6.07) is 20.1. The average molecular weight is 313 g/mol. The normalized spacial score (nSPS) is 14.9. The Bertz CT molecular complexity index is 629. The summed E-state index contributed by atoms with van der Waals surface area (Å²) >= 11 is 0. The number of hydrogen-bond donors (Lipinski definition) is 1. The molecule has 2 unspecified atom stereocenters. The van der Waals surface area contributed by atoms with Crippen LogP contribution < -0.4 is 4.72 Å². The molecule has 3 heteroatoms. The molecule has 2 nitrogen and oxygen atoms in total.